The van der Waals surface area contributed by atoms with Gasteiger partial charge >= 0.3 is 35.7 Å². The van der Waals surface area contributed by atoms with Crippen molar-refractivity contribution in [2.45, 2.75) is 6.18 Å². The summed E-state index contributed by atoms with van der Waals surface area (Å²) in [6.45, 7) is 0. The van der Waals surface area contributed by atoms with Crippen molar-refractivity contribution >= 4 is 23.0 Å². The summed E-state index contributed by atoms with van der Waals surface area (Å²) in [6.07, 6.45) is -2.84. The van der Waals surface area contributed by atoms with Crippen molar-refractivity contribution in [2.75, 3.05) is 5.32 Å². The van der Waals surface area contributed by atoms with Gasteiger partial charge in [0.05, 0.1) is 5.56 Å². The number of rotatable bonds is 1. The molecule has 0 spiro atoms. The van der Waals surface area contributed by atoms with E-state index in [0.29, 0.717) is 0 Å². The fourth-order valence-electron chi connectivity index (χ4n) is 0.986. The van der Waals surface area contributed by atoms with E-state index >= 15 is 0 Å². The van der Waals surface area contributed by atoms with E-state index in [4.69, 9.17) is 5.26 Å². The van der Waals surface area contributed by atoms with Gasteiger partial charge in [-0.05, 0) is 30.4 Å². The van der Waals surface area contributed by atoms with Crippen LogP contribution in [0, 0.1) is 11.5 Å². The summed E-state index contributed by atoms with van der Waals surface area (Å²) in [5.41, 5.74) is -0.611. The molecule has 8 heteroatoms. The molecule has 0 unspecified atom stereocenters. The predicted molar refractivity (Wildman–Crippen MR) is 56.4 cm³/mol. The molecule has 0 aliphatic heterocycles. The van der Waals surface area contributed by atoms with Crippen molar-refractivity contribution in [1.82, 2.24) is 5.32 Å². The smallest absolute Gasteiger partial charge is 0.332 e. The number of nitrogens with one attached hydrogen (secondary N) is 2. The second-order valence-electron chi connectivity index (χ2n) is 2.77. The van der Waals surface area contributed by atoms with Gasteiger partial charge in [-0.3, -0.25) is 5.32 Å². The zero-order valence-corrected chi connectivity index (χ0v) is 11.6. The van der Waals surface area contributed by atoms with Crippen molar-refractivity contribution < 1.29 is 42.7 Å². The summed E-state index contributed by atoms with van der Waals surface area (Å²) in [5.74, 6) is 0. The molecule has 0 amide bonds. The Hall–Kier alpha value is -0.810. The zero-order valence-electron chi connectivity index (χ0n) is 8.80. The molecule has 0 bridgehead atoms. The van der Waals surface area contributed by atoms with Gasteiger partial charge in [-0.25, -0.2) is 0 Å². The molecule has 84 valence electrons. The third-order valence-corrected chi connectivity index (χ3v) is 1.82. The summed E-state index contributed by atoms with van der Waals surface area (Å²) >= 11 is 4.65. The fraction of sp³-hybridized carbons (Fsp3) is 0.111. The Labute approximate surface area is 123 Å². The molecule has 0 fully saturated rings. The number of alkyl halides is 3. The van der Waals surface area contributed by atoms with E-state index in [1.54, 1.807) is 6.19 Å². The molecule has 0 aromatic heterocycles. The summed E-state index contributed by atoms with van der Waals surface area (Å²) in [6, 6.07) is 4.53. The van der Waals surface area contributed by atoms with Crippen LogP contribution in [0.5, 0.6) is 0 Å². The molecular weight excluding hydrogens is 262 g/mol. The summed E-state index contributed by atoms with van der Waals surface area (Å²) in [5, 5.41) is 12.7. The molecular formula is C9H6F3N3NaS+. The molecule has 0 atom stereocenters. The van der Waals surface area contributed by atoms with Crippen LogP contribution in [-0.4, -0.2) is 5.11 Å². The number of halogens is 3. The first-order valence-electron chi connectivity index (χ1n) is 4.07. The van der Waals surface area contributed by atoms with Gasteiger partial charge in [0.2, 0.25) is 0 Å². The maximum absolute atomic E-state index is 12.3. The van der Waals surface area contributed by atoms with Crippen LogP contribution in [0.25, 0.3) is 0 Å². The minimum atomic E-state index is -4.40. The quantitative estimate of drug-likeness (QED) is 0.311. The van der Waals surface area contributed by atoms with Crippen LogP contribution in [0.4, 0.5) is 18.9 Å². The number of nitriles is 1. The third-order valence-electron chi connectivity index (χ3n) is 1.62. The van der Waals surface area contributed by atoms with Gasteiger partial charge in [-0.1, -0.05) is 6.07 Å². The molecule has 0 saturated carbocycles. The predicted octanol–water partition coefficient (Wildman–Crippen LogP) is -0.523. The minimum Gasteiger partial charge on any atom is -0.332 e. The molecule has 0 saturated heterocycles. The Morgan fingerprint density at radius 3 is 2.53 bits per heavy atom. The van der Waals surface area contributed by atoms with Crippen LogP contribution in [0.3, 0.4) is 0 Å². The molecule has 0 heterocycles. The van der Waals surface area contributed by atoms with E-state index < -0.39 is 11.7 Å². The van der Waals surface area contributed by atoms with Gasteiger partial charge in [0.15, 0.2) is 11.3 Å². The molecule has 0 radical (unpaired) electrons. The van der Waals surface area contributed by atoms with Gasteiger partial charge in [0.25, 0.3) is 0 Å². The number of thiocarbonyl (C=S) groups is 1. The molecule has 0 aliphatic carbocycles. The van der Waals surface area contributed by atoms with Crippen molar-refractivity contribution in [3.63, 3.8) is 0 Å². The van der Waals surface area contributed by atoms with Crippen molar-refractivity contribution in [3.05, 3.63) is 29.8 Å². The average molecular weight is 268 g/mol. The Balaban J connectivity index is 0.00000256. The fourth-order valence-corrected chi connectivity index (χ4v) is 1.15. The zero-order chi connectivity index (χ0) is 12.2. The van der Waals surface area contributed by atoms with Crippen LogP contribution in [-0.2, 0) is 6.18 Å². The maximum Gasteiger partial charge on any atom is 1.00 e. The van der Waals surface area contributed by atoms with Gasteiger partial charge in [0.1, 0.15) is 0 Å². The summed E-state index contributed by atoms with van der Waals surface area (Å²) < 4.78 is 37.0. The van der Waals surface area contributed by atoms with Crippen LogP contribution < -0.4 is 40.2 Å². The number of nitrogens with zero attached hydrogens (tertiary/aromatic N) is 1. The molecule has 17 heavy (non-hydrogen) atoms. The van der Waals surface area contributed by atoms with Gasteiger partial charge < -0.3 is 5.32 Å². The monoisotopic (exact) mass is 268 g/mol. The topological polar surface area (TPSA) is 47.9 Å². The van der Waals surface area contributed by atoms with Gasteiger partial charge in [-0.15, -0.1) is 0 Å². The second-order valence-corrected chi connectivity index (χ2v) is 3.18. The Morgan fingerprint density at radius 1 is 1.35 bits per heavy atom. The molecule has 2 N–H and O–H groups in total. The van der Waals surface area contributed by atoms with Crippen molar-refractivity contribution in [2.24, 2.45) is 0 Å². The first-order chi connectivity index (χ1) is 7.43. The van der Waals surface area contributed by atoms with Gasteiger partial charge in [0, 0.05) is 5.69 Å². The largest absolute Gasteiger partial charge is 1.00 e. The van der Waals surface area contributed by atoms with Crippen molar-refractivity contribution in [3.8, 4) is 6.19 Å². The van der Waals surface area contributed by atoms with E-state index in [-0.39, 0.29) is 40.4 Å². The van der Waals surface area contributed by atoms with E-state index in [1.165, 1.54) is 12.1 Å². The number of anilines is 1. The summed E-state index contributed by atoms with van der Waals surface area (Å²) in [7, 11) is 0. The Morgan fingerprint density at radius 2 is 2.00 bits per heavy atom. The maximum atomic E-state index is 12.3. The number of hydrogen-bond acceptors (Lipinski definition) is 2. The first-order valence-corrected chi connectivity index (χ1v) is 4.47. The molecule has 1 aromatic rings. The van der Waals surface area contributed by atoms with E-state index in [9.17, 15) is 13.2 Å². The van der Waals surface area contributed by atoms with Crippen molar-refractivity contribution in [1.29, 1.82) is 5.26 Å². The average Bonchev–Trinajstić information content (AvgIpc) is 2.17. The van der Waals surface area contributed by atoms with E-state index in [0.717, 1.165) is 12.1 Å². The second kappa shape index (κ2) is 6.81. The third kappa shape index (κ3) is 5.37. The molecule has 1 aromatic carbocycles. The molecule has 3 nitrogen and oxygen atoms in total. The standard InChI is InChI=1S/C9H6F3N3S.Na/c10-9(11,12)6-2-1-3-7(4-6)15-8(16)14-5-13;/h1-4H,(H2,14,15,16);/q;+1. The van der Waals surface area contributed by atoms with Crippen LogP contribution in [0.15, 0.2) is 24.3 Å². The minimum absolute atomic E-state index is 0. The first kappa shape index (κ1) is 16.2. The number of hydrogen-bond donors (Lipinski definition) is 2. The van der Waals surface area contributed by atoms with Crippen LogP contribution in [0.1, 0.15) is 5.56 Å². The van der Waals surface area contributed by atoms with Crippen LogP contribution in [0.2, 0.25) is 0 Å². The van der Waals surface area contributed by atoms with E-state index in [2.05, 4.69) is 22.9 Å². The van der Waals surface area contributed by atoms with Crippen LogP contribution >= 0.6 is 12.2 Å². The Kier molecular flexibility index (Phi) is 6.49. The van der Waals surface area contributed by atoms with Gasteiger partial charge in [-0.2, -0.15) is 18.4 Å². The molecule has 1 rings (SSSR count). The van der Waals surface area contributed by atoms with E-state index in [1.807, 2.05) is 0 Å². The SMILES string of the molecule is N#CNC(=S)Nc1cccc(C(F)(F)F)c1.[Na+]. The number of benzene rings is 1. The summed E-state index contributed by atoms with van der Waals surface area (Å²) in [4.78, 5) is 0. The normalized spacial score (nSPS) is 9.76. The molecule has 0 aliphatic rings. The Bertz CT molecular complexity index is 442.